The Balaban J connectivity index is 1.31. The fraction of sp³-hybridized carbons (Fsp3) is 0.314. The monoisotopic (exact) mass is 583 g/mol. The van der Waals surface area contributed by atoms with Gasteiger partial charge in [-0.1, -0.05) is 72.8 Å². The number of piperidine rings is 1. The Hall–Kier alpha value is -4.59. The Labute approximate surface area is 252 Å². The van der Waals surface area contributed by atoms with Gasteiger partial charge in [0, 0.05) is 19.2 Å². The van der Waals surface area contributed by atoms with Gasteiger partial charge in [0.1, 0.15) is 30.3 Å². The molecule has 7 nitrogen and oxygen atoms in total. The lowest BCUT2D eigenvalue weighted by molar-refractivity contribution is 0.0204. The number of hydrogen-bond donors (Lipinski definition) is 1. The van der Waals surface area contributed by atoms with Crippen molar-refractivity contribution < 1.29 is 23.4 Å². The van der Waals surface area contributed by atoms with Gasteiger partial charge in [-0.2, -0.15) is 4.98 Å². The van der Waals surface area contributed by atoms with Gasteiger partial charge in [0.05, 0.1) is 5.69 Å². The molecule has 0 aliphatic carbocycles. The number of halogens is 1. The number of amides is 1. The molecule has 0 radical (unpaired) electrons. The van der Waals surface area contributed by atoms with Crippen LogP contribution in [0.1, 0.15) is 56.2 Å². The second kappa shape index (κ2) is 13.6. The van der Waals surface area contributed by atoms with Gasteiger partial charge in [-0.3, -0.25) is 0 Å². The Morgan fingerprint density at radius 1 is 0.837 bits per heavy atom. The third-order valence-corrected chi connectivity index (χ3v) is 7.17. The van der Waals surface area contributed by atoms with E-state index in [1.54, 1.807) is 23.1 Å². The first-order valence-electron chi connectivity index (χ1n) is 14.6. The first-order valence-corrected chi connectivity index (χ1v) is 14.6. The lowest BCUT2D eigenvalue weighted by Gasteiger charge is -2.33. The highest BCUT2D eigenvalue weighted by atomic mass is 19.1. The Morgan fingerprint density at radius 2 is 1.47 bits per heavy atom. The average Bonchev–Trinajstić information content (AvgIpc) is 3.01. The topological polar surface area (TPSA) is 72.9 Å². The van der Waals surface area contributed by atoms with Crippen LogP contribution in [0.3, 0.4) is 0 Å². The normalized spacial score (nSPS) is 13.8. The number of carbonyl (C=O) groups is 1. The van der Waals surface area contributed by atoms with Crippen LogP contribution in [0.5, 0.6) is 11.8 Å². The van der Waals surface area contributed by atoms with E-state index in [0.29, 0.717) is 67.8 Å². The molecule has 0 atom stereocenters. The number of benzene rings is 3. The van der Waals surface area contributed by atoms with Crippen molar-refractivity contribution in [3.8, 4) is 11.8 Å². The van der Waals surface area contributed by atoms with Crippen LogP contribution in [0.4, 0.5) is 20.6 Å². The summed E-state index contributed by atoms with van der Waals surface area (Å²) in [6, 6.07) is 28.5. The van der Waals surface area contributed by atoms with E-state index in [2.05, 4.69) is 10.3 Å². The minimum atomic E-state index is -0.551. The fourth-order valence-electron chi connectivity index (χ4n) is 4.97. The molecule has 4 aromatic rings. The summed E-state index contributed by atoms with van der Waals surface area (Å²) in [5, 5.41) is 3.21. The molecule has 1 aromatic heterocycles. The lowest BCUT2D eigenvalue weighted by Crippen LogP contribution is -2.41. The van der Waals surface area contributed by atoms with E-state index in [0.717, 1.165) is 11.1 Å². The van der Waals surface area contributed by atoms with Gasteiger partial charge in [0.15, 0.2) is 0 Å². The molecular formula is C35H38FN3O4. The van der Waals surface area contributed by atoms with E-state index in [9.17, 15) is 4.79 Å². The third-order valence-electron chi connectivity index (χ3n) is 7.17. The highest BCUT2D eigenvalue weighted by molar-refractivity contribution is 5.68. The van der Waals surface area contributed by atoms with Crippen LogP contribution in [-0.2, 0) is 18.0 Å². The Kier molecular flexibility index (Phi) is 9.45. The predicted octanol–water partition coefficient (Wildman–Crippen LogP) is 8.24. The summed E-state index contributed by atoms with van der Waals surface area (Å²) in [6.07, 6.45) is 0.980. The second-order valence-corrected chi connectivity index (χ2v) is 11.6. The number of aromatic nitrogens is 1. The molecule has 1 saturated heterocycles. The number of hydrogen-bond acceptors (Lipinski definition) is 6. The van der Waals surface area contributed by atoms with Crippen molar-refractivity contribution in [2.24, 2.45) is 0 Å². The fourth-order valence-corrected chi connectivity index (χ4v) is 4.97. The molecule has 224 valence electrons. The summed E-state index contributed by atoms with van der Waals surface area (Å²) in [5.41, 5.74) is 2.93. The maximum absolute atomic E-state index is 15.9. The first-order chi connectivity index (χ1) is 20.7. The molecule has 1 aliphatic rings. The van der Waals surface area contributed by atoms with Crippen molar-refractivity contribution in [1.29, 1.82) is 0 Å². The summed E-state index contributed by atoms with van der Waals surface area (Å²) in [4.78, 5) is 18.8. The Bertz CT molecular complexity index is 1500. The third kappa shape index (κ3) is 8.25. The molecule has 0 spiro atoms. The summed E-state index contributed by atoms with van der Waals surface area (Å²) in [5.74, 6) is 0.381. The summed E-state index contributed by atoms with van der Waals surface area (Å²) >= 11 is 0. The number of nitrogens with zero attached hydrogens (tertiary/aromatic N) is 2. The molecular weight excluding hydrogens is 545 g/mol. The highest BCUT2D eigenvalue weighted by Crippen LogP contribution is 2.36. The highest BCUT2D eigenvalue weighted by Gasteiger charge is 2.29. The molecule has 1 amide bonds. The molecule has 43 heavy (non-hydrogen) atoms. The van der Waals surface area contributed by atoms with Gasteiger partial charge in [0.2, 0.25) is 11.8 Å². The van der Waals surface area contributed by atoms with E-state index in [1.807, 2.05) is 93.6 Å². The molecule has 1 N–H and O–H groups in total. The molecule has 0 unspecified atom stereocenters. The maximum Gasteiger partial charge on any atom is 0.410 e. The van der Waals surface area contributed by atoms with Crippen molar-refractivity contribution in [2.75, 3.05) is 18.4 Å². The van der Waals surface area contributed by atoms with E-state index in [4.69, 9.17) is 14.2 Å². The van der Waals surface area contributed by atoms with Crippen LogP contribution < -0.4 is 14.8 Å². The molecule has 2 heterocycles. The minimum Gasteiger partial charge on any atom is -0.473 e. The number of anilines is 2. The summed E-state index contributed by atoms with van der Waals surface area (Å²) < 4.78 is 33.5. The van der Waals surface area contributed by atoms with E-state index >= 15 is 4.39 Å². The maximum atomic E-state index is 15.9. The van der Waals surface area contributed by atoms with Gasteiger partial charge in [-0.25, -0.2) is 9.18 Å². The van der Waals surface area contributed by atoms with Gasteiger partial charge in [-0.05, 0) is 68.4 Å². The molecule has 3 aromatic carbocycles. The smallest absolute Gasteiger partial charge is 0.410 e. The van der Waals surface area contributed by atoms with Crippen molar-refractivity contribution in [3.63, 3.8) is 0 Å². The Morgan fingerprint density at radius 3 is 2.09 bits per heavy atom. The van der Waals surface area contributed by atoms with Crippen molar-refractivity contribution in [2.45, 2.75) is 58.3 Å². The molecule has 0 bridgehead atoms. The van der Waals surface area contributed by atoms with Crippen molar-refractivity contribution >= 4 is 17.5 Å². The molecule has 0 saturated carbocycles. The van der Waals surface area contributed by atoms with Gasteiger partial charge in [0.25, 0.3) is 0 Å². The molecule has 1 aliphatic heterocycles. The van der Waals surface area contributed by atoms with Crippen molar-refractivity contribution in [3.05, 3.63) is 114 Å². The van der Waals surface area contributed by atoms with Crippen LogP contribution in [0.15, 0.2) is 91.0 Å². The van der Waals surface area contributed by atoms with E-state index in [1.165, 1.54) is 0 Å². The van der Waals surface area contributed by atoms with Gasteiger partial charge >= 0.3 is 6.09 Å². The summed E-state index contributed by atoms with van der Waals surface area (Å²) in [6.45, 7) is 7.25. The van der Waals surface area contributed by atoms with E-state index in [-0.39, 0.29) is 17.8 Å². The van der Waals surface area contributed by atoms with Crippen molar-refractivity contribution in [1.82, 2.24) is 9.88 Å². The summed E-state index contributed by atoms with van der Waals surface area (Å²) in [7, 11) is 0. The van der Waals surface area contributed by atoms with Gasteiger partial charge < -0.3 is 24.4 Å². The zero-order chi connectivity index (χ0) is 30.2. The second-order valence-electron chi connectivity index (χ2n) is 11.6. The largest absolute Gasteiger partial charge is 0.473 e. The van der Waals surface area contributed by atoms with Crippen LogP contribution in [0.2, 0.25) is 0 Å². The van der Waals surface area contributed by atoms with Crippen LogP contribution in [0, 0.1) is 5.82 Å². The number of rotatable bonds is 9. The number of pyridine rings is 1. The SMILES string of the molecule is CC(C)(C)OC(=O)N1CCC(c2cccc(Nc3ccc(OCc4ccccc4)nc3OCc3ccccc3)c2F)CC1. The predicted molar refractivity (Wildman–Crippen MR) is 165 cm³/mol. The number of likely N-dealkylation sites (tertiary alicyclic amines) is 1. The molecule has 5 rings (SSSR count). The van der Waals surface area contributed by atoms with Crippen LogP contribution in [0.25, 0.3) is 0 Å². The van der Waals surface area contributed by atoms with E-state index < -0.39 is 5.60 Å². The number of nitrogens with one attached hydrogen (secondary N) is 1. The minimum absolute atomic E-state index is 0.0128. The number of ether oxygens (including phenoxy) is 3. The van der Waals surface area contributed by atoms with Gasteiger partial charge in [-0.15, -0.1) is 0 Å². The average molecular weight is 584 g/mol. The standard InChI is InChI=1S/C35H38FN3O4/c1-35(2,3)43-34(40)39-21-19-27(20-22-39)28-15-10-16-29(32(28)36)37-30-17-18-31(41-23-25-11-6-4-7-12-25)38-33(30)42-24-26-13-8-5-9-14-26/h4-18,27,37H,19-24H2,1-3H3. The molecule has 8 heteroatoms. The van der Waals surface area contributed by atoms with Crippen LogP contribution in [-0.4, -0.2) is 34.7 Å². The molecule has 1 fully saturated rings. The lowest BCUT2D eigenvalue weighted by atomic mass is 9.89. The van der Waals surface area contributed by atoms with Crippen LogP contribution >= 0.6 is 0 Å². The zero-order valence-electron chi connectivity index (χ0n) is 24.9. The number of carbonyl (C=O) groups excluding carboxylic acids is 1. The quantitative estimate of drug-likeness (QED) is 0.214. The zero-order valence-corrected chi connectivity index (χ0v) is 24.9. The first kappa shape index (κ1) is 29.9.